The molecule has 7 heteroatoms. The monoisotopic (exact) mass is 371 g/mol. The summed E-state index contributed by atoms with van der Waals surface area (Å²) < 4.78 is 0. The van der Waals surface area contributed by atoms with Gasteiger partial charge in [-0.1, -0.05) is 50.6 Å². The molecule has 26 heavy (non-hydrogen) atoms. The highest BCUT2D eigenvalue weighted by molar-refractivity contribution is 6.31. The number of carbonyl (C=O) groups excluding carboxylic acids is 2. The second-order valence-corrected chi connectivity index (χ2v) is 7.51. The molecule has 1 radical (unpaired) electrons. The summed E-state index contributed by atoms with van der Waals surface area (Å²) in [7, 11) is 0. The number of benzene rings is 2. The molecule has 0 atom stereocenters. The van der Waals surface area contributed by atoms with Crippen molar-refractivity contribution in [3.8, 4) is 0 Å². The smallest absolute Gasteiger partial charge is 0.334 e. The van der Waals surface area contributed by atoms with Crippen LogP contribution in [-0.2, 0) is 12.0 Å². The number of nitrogens with one attached hydrogen (secondary N) is 3. The van der Waals surface area contributed by atoms with E-state index in [4.69, 9.17) is 11.6 Å². The van der Waals surface area contributed by atoms with E-state index in [-0.39, 0.29) is 5.41 Å². The fourth-order valence-electron chi connectivity index (χ4n) is 2.61. The Bertz CT molecular complexity index is 874. The molecule has 0 fully saturated rings. The summed E-state index contributed by atoms with van der Waals surface area (Å²) in [4.78, 5) is 23.6. The first-order chi connectivity index (χ1) is 12.2. The maximum Gasteiger partial charge on any atom is 0.346 e. The number of hydrogen-bond donors (Lipinski definition) is 3. The van der Waals surface area contributed by atoms with E-state index in [1.807, 2.05) is 18.2 Å². The van der Waals surface area contributed by atoms with E-state index < -0.39 is 12.1 Å². The maximum atomic E-state index is 12.2. The lowest BCUT2D eigenvalue weighted by atomic mass is 9.86. The van der Waals surface area contributed by atoms with Gasteiger partial charge in [0.15, 0.2) is 0 Å². The zero-order chi connectivity index (χ0) is 18.9. The Morgan fingerprint density at radius 1 is 1.23 bits per heavy atom. The van der Waals surface area contributed by atoms with E-state index in [1.165, 1.54) is 0 Å². The molecule has 3 N–H and O–H groups in total. The fraction of sp³-hybridized carbons (Fsp3) is 0.263. The molecule has 0 unspecified atom stereocenters. The number of nitrogens with zero attached hydrogens (tertiary/aromatic N) is 1. The molecule has 1 aliphatic heterocycles. The Labute approximate surface area is 157 Å². The van der Waals surface area contributed by atoms with Crippen LogP contribution in [0.2, 0.25) is 5.02 Å². The van der Waals surface area contributed by atoms with Crippen molar-refractivity contribution in [1.82, 2.24) is 10.6 Å². The van der Waals surface area contributed by atoms with Crippen molar-refractivity contribution < 1.29 is 9.59 Å². The van der Waals surface area contributed by atoms with Gasteiger partial charge in [0.05, 0.1) is 11.4 Å². The number of anilines is 2. The molecule has 0 saturated heterocycles. The Hall–Kier alpha value is -2.73. The number of fused-ring (bicyclic) bond motifs is 1. The lowest BCUT2D eigenvalue weighted by Gasteiger charge is -2.20. The van der Waals surface area contributed by atoms with Crippen LogP contribution in [0.5, 0.6) is 0 Å². The Balaban J connectivity index is 1.64. The first-order valence-corrected chi connectivity index (χ1v) is 8.61. The highest BCUT2D eigenvalue weighted by Gasteiger charge is 2.22. The fourth-order valence-corrected chi connectivity index (χ4v) is 2.86. The van der Waals surface area contributed by atoms with E-state index in [2.05, 4.69) is 42.0 Å². The third kappa shape index (κ3) is 3.91. The minimum absolute atomic E-state index is 0.00955. The van der Waals surface area contributed by atoms with Gasteiger partial charge in [0, 0.05) is 11.6 Å². The Kier molecular flexibility index (Phi) is 4.78. The summed E-state index contributed by atoms with van der Waals surface area (Å²) in [5, 5.41) is 12.5. The first kappa shape index (κ1) is 18.1. The van der Waals surface area contributed by atoms with E-state index in [9.17, 15) is 9.59 Å². The number of rotatable bonds is 3. The number of urea groups is 2. The van der Waals surface area contributed by atoms with Crippen molar-refractivity contribution in [3.63, 3.8) is 0 Å². The van der Waals surface area contributed by atoms with E-state index in [0.29, 0.717) is 28.6 Å². The molecule has 2 aromatic rings. The molecule has 0 saturated carbocycles. The summed E-state index contributed by atoms with van der Waals surface area (Å²) in [5.41, 5.74) is 3.45. The lowest BCUT2D eigenvalue weighted by Crippen LogP contribution is -2.28. The van der Waals surface area contributed by atoms with Gasteiger partial charge in [0.1, 0.15) is 5.69 Å². The molecule has 6 nitrogen and oxygen atoms in total. The zero-order valence-corrected chi connectivity index (χ0v) is 15.6. The lowest BCUT2D eigenvalue weighted by molar-refractivity contribution is 0.251. The largest absolute Gasteiger partial charge is 0.346 e. The molecule has 0 aliphatic carbocycles. The van der Waals surface area contributed by atoms with Gasteiger partial charge in [-0.15, -0.1) is 0 Å². The molecule has 0 bridgehead atoms. The molecule has 1 heterocycles. The second-order valence-electron chi connectivity index (χ2n) is 7.11. The van der Waals surface area contributed by atoms with Gasteiger partial charge in [-0.25, -0.2) is 9.59 Å². The minimum Gasteiger partial charge on any atom is -0.334 e. The molecular formula is C19H20ClN4O2. The average Bonchev–Trinajstić information content (AvgIpc) is 2.94. The number of halogens is 1. The third-order valence-corrected chi connectivity index (χ3v) is 4.45. The van der Waals surface area contributed by atoms with E-state index in [0.717, 1.165) is 11.1 Å². The molecule has 3 rings (SSSR count). The van der Waals surface area contributed by atoms with Crippen molar-refractivity contribution in [2.75, 3.05) is 10.6 Å². The number of carbonyl (C=O) groups is 2. The van der Waals surface area contributed by atoms with Gasteiger partial charge < -0.3 is 16.0 Å². The van der Waals surface area contributed by atoms with Crippen molar-refractivity contribution in [2.24, 2.45) is 0 Å². The molecule has 2 aromatic carbocycles. The Morgan fingerprint density at radius 3 is 2.69 bits per heavy atom. The highest BCUT2D eigenvalue weighted by atomic mass is 35.5. The standard InChI is InChI=1S/C19H20ClN4O2/c1-19(2,3)12-8-7-11(13(20)9-12)10-21-17(25)22-14-5-4-6-15-16(14)24-18(26)23-15/h4-9H,10H2,1-3H3,(H,23,26)(H2,21,22,25). The van der Waals surface area contributed by atoms with Crippen molar-refractivity contribution >= 4 is 40.7 Å². The van der Waals surface area contributed by atoms with E-state index in [1.54, 1.807) is 18.2 Å². The average molecular weight is 372 g/mol. The molecule has 135 valence electrons. The summed E-state index contributed by atoms with van der Waals surface area (Å²) in [6, 6.07) is 10.2. The quantitative estimate of drug-likeness (QED) is 0.727. The molecule has 0 aromatic heterocycles. The van der Waals surface area contributed by atoms with Crippen molar-refractivity contribution in [1.29, 1.82) is 0 Å². The van der Waals surface area contributed by atoms with Crippen LogP contribution in [0.4, 0.5) is 26.7 Å². The molecular weight excluding hydrogens is 352 g/mol. The van der Waals surface area contributed by atoms with Crippen LogP contribution in [0.15, 0.2) is 36.4 Å². The van der Waals surface area contributed by atoms with Gasteiger partial charge in [0.25, 0.3) is 0 Å². The summed E-state index contributed by atoms with van der Waals surface area (Å²) in [6.45, 7) is 6.64. The predicted octanol–water partition coefficient (Wildman–Crippen LogP) is 4.74. The summed E-state index contributed by atoms with van der Waals surface area (Å²) in [6.07, 6.45) is 0. The van der Waals surface area contributed by atoms with Crippen LogP contribution in [0, 0.1) is 0 Å². The predicted molar refractivity (Wildman–Crippen MR) is 103 cm³/mol. The van der Waals surface area contributed by atoms with Crippen LogP contribution < -0.4 is 21.3 Å². The van der Waals surface area contributed by atoms with Gasteiger partial charge >= 0.3 is 12.1 Å². The summed E-state index contributed by atoms with van der Waals surface area (Å²) >= 11 is 6.34. The van der Waals surface area contributed by atoms with Crippen LogP contribution in [0.25, 0.3) is 0 Å². The summed E-state index contributed by atoms with van der Waals surface area (Å²) in [5.74, 6) is 0. The molecule has 1 aliphatic rings. The highest BCUT2D eigenvalue weighted by Crippen LogP contribution is 2.34. The van der Waals surface area contributed by atoms with Crippen molar-refractivity contribution in [3.05, 3.63) is 52.5 Å². The van der Waals surface area contributed by atoms with Gasteiger partial charge in [-0.05, 0) is 34.7 Å². The third-order valence-electron chi connectivity index (χ3n) is 4.10. The van der Waals surface area contributed by atoms with Crippen molar-refractivity contribution in [2.45, 2.75) is 32.7 Å². The van der Waals surface area contributed by atoms with Crippen LogP contribution >= 0.6 is 11.6 Å². The topological polar surface area (TPSA) is 84.3 Å². The first-order valence-electron chi connectivity index (χ1n) is 8.23. The van der Waals surface area contributed by atoms with Gasteiger partial charge in [-0.2, -0.15) is 5.32 Å². The number of hydrogen-bond acceptors (Lipinski definition) is 2. The van der Waals surface area contributed by atoms with Gasteiger partial charge in [0.2, 0.25) is 0 Å². The van der Waals surface area contributed by atoms with Crippen LogP contribution in [0.3, 0.4) is 0 Å². The number of para-hydroxylation sites is 1. The van der Waals surface area contributed by atoms with Gasteiger partial charge in [-0.3, -0.25) is 0 Å². The Morgan fingerprint density at radius 2 is 2.00 bits per heavy atom. The zero-order valence-electron chi connectivity index (χ0n) is 14.8. The van der Waals surface area contributed by atoms with E-state index >= 15 is 0 Å². The number of amides is 4. The molecule has 0 spiro atoms. The minimum atomic E-state index is -0.444. The van der Waals surface area contributed by atoms with Crippen LogP contribution in [0.1, 0.15) is 31.9 Å². The normalized spacial score (nSPS) is 12.8. The second kappa shape index (κ2) is 6.88. The maximum absolute atomic E-state index is 12.2. The van der Waals surface area contributed by atoms with Crippen LogP contribution in [-0.4, -0.2) is 12.1 Å². The SMILES string of the molecule is CC(C)(C)c1ccc(CNC(=O)Nc2cccc3c2[N]C(=O)N3)c(Cl)c1. The molecule has 4 amide bonds.